The van der Waals surface area contributed by atoms with Crippen molar-refractivity contribution in [1.82, 2.24) is 9.47 Å². The molecular weight excluding hydrogens is 322 g/mol. The third-order valence-electron chi connectivity index (χ3n) is 5.86. The van der Waals surface area contributed by atoms with Gasteiger partial charge in [0.05, 0.1) is 23.8 Å². The summed E-state index contributed by atoms with van der Waals surface area (Å²) in [6.45, 7) is 8.62. The van der Waals surface area contributed by atoms with Crippen molar-refractivity contribution >= 4 is 10.9 Å². The molecule has 0 amide bonds. The second-order valence-electron chi connectivity index (χ2n) is 8.00. The van der Waals surface area contributed by atoms with Crippen molar-refractivity contribution in [2.75, 3.05) is 19.6 Å². The summed E-state index contributed by atoms with van der Waals surface area (Å²) in [5.41, 5.74) is 5.11. The maximum absolute atomic E-state index is 9.26. The molecule has 1 aliphatic carbocycles. The minimum atomic E-state index is 0.336. The summed E-state index contributed by atoms with van der Waals surface area (Å²) in [5, 5.41) is 10.6. The predicted molar refractivity (Wildman–Crippen MR) is 104 cm³/mol. The lowest BCUT2D eigenvalue weighted by molar-refractivity contribution is -0.0682. The van der Waals surface area contributed by atoms with Gasteiger partial charge in [0, 0.05) is 42.8 Å². The number of nitrogens with zero attached hydrogens (tertiary/aromatic N) is 3. The van der Waals surface area contributed by atoms with Crippen LogP contribution in [0.25, 0.3) is 10.9 Å². The molecule has 2 aromatic rings. The predicted octanol–water partition coefficient (Wildman–Crippen LogP) is 3.89. The van der Waals surface area contributed by atoms with Crippen LogP contribution in [0.3, 0.4) is 0 Å². The van der Waals surface area contributed by atoms with Crippen LogP contribution in [0.5, 0.6) is 0 Å². The Hall–Kier alpha value is -1.83. The van der Waals surface area contributed by atoms with Gasteiger partial charge in [-0.25, -0.2) is 0 Å². The molecule has 2 heterocycles. The molecular formula is C22H29N3O. The molecule has 0 N–H and O–H groups in total. The first-order valence-electron chi connectivity index (χ1n) is 10.1. The van der Waals surface area contributed by atoms with Gasteiger partial charge in [-0.15, -0.1) is 0 Å². The summed E-state index contributed by atoms with van der Waals surface area (Å²) in [5.74, 6) is 0. The standard InChI is InChI=1S/C22H29N3O/c1-16-14-24(15-17(2)26-16)10-5-11-25-21-7-4-3-6-19(21)20-12-18(13-23)8-9-22(20)25/h8-9,12,16-17H,3-7,10-11,14-15H2,1-2H3/t16-,17?/m1/s1. The van der Waals surface area contributed by atoms with E-state index >= 15 is 0 Å². The van der Waals surface area contributed by atoms with E-state index in [1.165, 1.54) is 41.4 Å². The number of hydrogen-bond donors (Lipinski definition) is 0. The van der Waals surface area contributed by atoms with Crippen LogP contribution < -0.4 is 0 Å². The fourth-order valence-electron chi connectivity index (χ4n) is 4.88. The van der Waals surface area contributed by atoms with Crippen molar-refractivity contribution in [2.24, 2.45) is 0 Å². The first-order chi connectivity index (χ1) is 12.7. The van der Waals surface area contributed by atoms with E-state index in [1.807, 2.05) is 6.07 Å². The molecule has 138 valence electrons. The molecule has 0 spiro atoms. The van der Waals surface area contributed by atoms with Crippen LogP contribution in [0.4, 0.5) is 0 Å². The topological polar surface area (TPSA) is 41.2 Å². The molecule has 4 nitrogen and oxygen atoms in total. The zero-order valence-corrected chi connectivity index (χ0v) is 16.0. The van der Waals surface area contributed by atoms with Crippen LogP contribution >= 0.6 is 0 Å². The normalized spacial score (nSPS) is 23.7. The van der Waals surface area contributed by atoms with Crippen LogP contribution in [0.1, 0.15) is 49.9 Å². The van der Waals surface area contributed by atoms with Crippen LogP contribution in [0.2, 0.25) is 0 Å². The molecule has 1 unspecified atom stereocenters. The summed E-state index contributed by atoms with van der Waals surface area (Å²) in [7, 11) is 0. The Morgan fingerprint density at radius 1 is 1.12 bits per heavy atom. The van der Waals surface area contributed by atoms with Crippen LogP contribution in [0, 0.1) is 11.3 Å². The molecule has 0 saturated carbocycles. The van der Waals surface area contributed by atoms with Crippen molar-refractivity contribution in [2.45, 2.75) is 64.7 Å². The van der Waals surface area contributed by atoms with Gasteiger partial charge < -0.3 is 9.30 Å². The second kappa shape index (κ2) is 7.42. The molecule has 0 radical (unpaired) electrons. The Kier molecular flexibility index (Phi) is 5.02. The molecule has 2 aliphatic rings. The van der Waals surface area contributed by atoms with E-state index < -0.39 is 0 Å². The van der Waals surface area contributed by atoms with Crippen LogP contribution in [-0.2, 0) is 24.1 Å². The first kappa shape index (κ1) is 17.6. The summed E-state index contributed by atoms with van der Waals surface area (Å²) in [6, 6.07) is 8.53. The number of hydrogen-bond acceptors (Lipinski definition) is 3. The highest BCUT2D eigenvalue weighted by Gasteiger charge is 2.23. The molecule has 1 saturated heterocycles. The molecule has 1 aliphatic heterocycles. The fraction of sp³-hybridized carbons (Fsp3) is 0.591. The zero-order chi connectivity index (χ0) is 18.1. The Bertz CT molecular complexity index is 822. The summed E-state index contributed by atoms with van der Waals surface area (Å²) in [4.78, 5) is 2.55. The minimum absolute atomic E-state index is 0.336. The van der Waals surface area contributed by atoms with Crippen molar-refractivity contribution in [3.8, 4) is 6.07 Å². The number of benzene rings is 1. The van der Waals surface area contributed by atoms with E-state index in [1.54, 1.807) is 0 Å². The number of fused-ring (bicyclic) bond motifs is 3. The SMILES string of the molecule is CC1CN(CCCn2c3c(c4cc(C#N)ccc42)CCCC3)C[C@@H](C)O1. The number of rotatable bonds is 4. The van der Waals surface area contributed by atoms with Gasteiger partial charge in [-0.3, -0.25) is 4.90 Å². The molecule has 26 heavy (non-hydrogen) atoms. The van der Waals surface area contributed by atoms with Gasteiger partial charge in [-0.2, -0.15) is 5.26 Å². The largest absolute Gasteiger partial charge is 0.373 e. The Labute approximate surface area is 156 Å². The van der Waals surface area contributed by atoms with Crippen molar-refractivity contribution in [3.63, 3.8) is 0 Å². The maximum atomic E-state index is 9.26. The third kappa shape index (κ3) is 3.39. The first-order valence-corrected chi connectivity index (χ1v) is 10.1. The maximum Gasteiger partial charge on any atom is 0.0991 e. The van der Waals surface area contributed by atoms with E-state index in [9.17, 15) is 5.26 Å². The highest BCUT2D eigenvalue weighted by Crippen LogP contribution is 2.33. The molecule has 4 rings (SSSR count). The molecule has 1 aromatic carbocycles. The lowest BCUT2D eigenvalue weighted by Gasteiger charge is -2.35. The quantitative estimate of drug-likeness (QED) is 0.839. The molecule has 1 aromatic heterocycles. The zero-order valence-electron chi connectivity index (χ0n) is 16.0. The lowest BCUT2D eigenvalue weighted by Crippen LogP contribution is -2.45. The smallest absolute Gasteiger partial charge is 0.0991 e. The molecule has 4 heteroatoms. The van der Waals surface area contributed by atoms with Crippen molar-refractivity contribution < 1.29 is 4.74 Å². The van der Waals surface area contributed by atoms with Crippen LogP contribution in [-0.4, -0.2) is 41.3 Å². The summed E-state index contributed by atoms with van der Waals surface area (Å²) in [6.07, 6.45) is 6.73. The van der Waals surface area contributed by atoms with E-state index in [2.05, 4.69) is 41.5 Å². The van der Waals surface area contributed by atoms with E-state index in [0.717, 1.165) is 44.6 Å². The Balaban J connectivity index is 1.54. The highest BCUT2D eigenvalue weighted by atomic mass is 16.5. The second-order valence-corrected chi connectivity index (χ2v) is 8.00. The van der Waals surface area contributed by atoms with Gasteiger partial charge in [0.2, 0.25) is 0 Å². The fourth-order valence-corrected chi connectivity index (χ4v) is 4.88. The van der Waals surface area contributed by atoms with E-state index in [4.69, 9.17) is 4.74 Å². The Morgan fingerprint density at radius 2 is 1.88 bits per heavy atom. The average molecular weight is 351 g/mol. The number of ether oxygens (including phenoxy) is 1. The van der Waals surface area contributed by atoms with Crippen molar-refractivity contribution in [1.29, 1.82) is 5.26 Å². The van der Waals surface area contributed by atoms with Gasteiger partial charge in [0.25, 0.3) is 0 Å². The van der Waals surface area contributed by atoms with Crippen molar-refractivity contribution in [3.05, 3.63) is 35.0 Å². The average Bonchev–Trinajstić information content (AvgIpc) is 2.94. The monoisotopic (exact) mass is 351 g/mol. The number of aromatic nitrogens is 1. The summed E-state index contributed by atoms with van der Waals surface area (Å²) < 4.78 is 8.39. The molecule has 1 fully saturated rings. The van der Waals surface area contributed by atoms with Gasteiger partial charge in [-0.05, 0) is 69.7 Å². The Morgan fingerprint density at radius 3 is 2.65 bits per heavy atom. The van der Waals surface area contributed by atoms with Crippen LogP contribution in [0.15, 0.2) is 18.2 Å². The number of nitriles is 1. The third-order valence-corrected chi connectivity index (χ3v) is 5.86. The minimum Gasteiger partial charge on any atom is -0.373 e. The van der Waals surface area contributed by atoms with Gasteiger partial charge in [0.15, 0.2) is 0 Å². The van der Waals surface area contributed by atoms with E-state index in [0.29, 0.717) is 12.2 Å². The summed E-state index contributed by atoms with van der Waals surface area (Å²) >= 11 is 0. The van der Waals surface area contributed by atoms with Gasteiger partial charge >= 0.3 is 0 Å². The number of aryl methyl sites for hydroxylation is 2. The van der Waals surface area contributed by atoms with Gasteiger partial charge in [0.1, 0.15) is 0 Å². The van der Waals surface area contributed by atoms with E-state index in [-0.39, 0.29) is 0 Å². The highest BCUT2D eigenvalue weighted by molar-refractivity contribution is 5.87. The number of morpholine rings is 1. The van der Waals surface area contributed by atoms with Gasteiger partial charge in [-0.1, -0.05) is 0 Å². The lowest BCUT2D eigenvalue weighted by atomic mass is 9.95. The molecule has 0 bridgehead atoms. The molecule has 2 atom stereocenters.